The van der Waals surface area contributed by atoms with Crippen molar-refractivity contribution in [3.8, 4) is 0 Å². The van der Waals surface area contributed by atoms with Gasteiger partial charge in [-0.25, -0.2) is 5.43 Å². The van der Waals surface area contributed by atoms with Crippen LogP contribution in [0.3, 0.4) is 0 Å². The summed E-state index contributed by atoms with van der Waals surface area (Å²) in [5.41, 5.74) is 10.7. The summed E-state index contributed by atoms with van der Waals surface area (Å²) in [6, 6.07) is 8.05. The van der Waals surface area contributed by atoms with Gasteiger partial charge in [0.2, 0.25) is 0 Å². The number of aldehydes is 1. The van der Waals surface area contributed by atoms with E-state index in [0.29, 0.717) is 13.2 Å². The first-order valence-electron chi connectivity index (χ1n) is 9.76. The van der Waals surface area contributed by atoms with Gasteiger partial charge < -0.3 is 21.2 Å². The lowest BCUT2D eigenvalue weighted by atomic mass is 10.1. The van der Waals surface area contributed by atoms with Crippen molar-refractivity contribution in [2.75, 3.05) is 20.3 Å². The van der Waals surface area contributed by atoms with Gasteiger partial charge in [-0.05, 0) is 57.6 Å². The number of nitrogens with zero attached hydrogens (tertiary/aromatic N) is 1. The molecule has 0 amide bonds. The molecule has 1 rings (SSSR count). The third kappa shape index (κ3) is 9.25. The van der Waals surface area contributed by atoms with Crippen molar-refractivity contribution in [1.82, 2.24) is 21.5 Å². The van der Waals surface area contributed by atoms with Crippen molar-refractivity contribution >= 4 is 12.1 Å². The van der Waals surface area contributed by atoms with Crippen LogP contribution in [0.4, 0.5) is 0 Å². The molecule has 0 aliphatic carbocycles. The Bertz CT molecular complexity index is 851. The molecule has 1 aromatic rings. The maximum absolute atomic E-state index is 10.9. The SMILES string of the molecule is C\C=C(O)/C(C)=C\C=C(/C)NC/C(=C/C=O)NCNNC(=NC)c1cccc(C)c1. The smallest absolute Gasteiger partial charge is 0.144 e. The Balaban J connectivity index is 2.53. The normalized spacial score (nSPS) is 13.8. The van der Waals surface area contributed by atoms with Crippen LogP contribution in [-0.2, 0) is 4.79 Å². The third-order valence-electron chi connectivity index (χ3n) is 4.21. The molecule has 0 aromatic heterocycles. The summed E-state index contributed by atoms with van der Waals surface area (Å²) in [5, 5.41) is 16.0. The highest BCUT2D eigenvalue weighted by Gasteiger charge is 2.02. The van der Waals surface area contributed by atoms with Crippen LogP contribution >= 0.6 is 0 Å². The van der Waals surface area contributed by atoms with E-state index < -0.39 is 0 Å². The summed E-state index contributed by atoms with van der Waals surface area (Å²) in [7, 11) is 1.72. The molecule has 30 heavy (non-hydrogen) atoms. The van der Waals surface area contributed by atoms with E-state index in [1.54, 1.807) is 20.0 Å². The number of allylic oxidation sites excluding steroid dienone is 6. The largest absolute Gasteiger partial charge is 0.508 e. The van der Waals surface area contributed by atoms with Crippen LogP contribution in [0, 0.1) is 6.92 Å². The molecule has 0 atom stereocenters. The van der Waals surface area contributed by atoms with E-state index in [1.165, 1.54) is 6.08 Å². The van der Waals surface area contributed by atoms with Crippen molar-refractivity contribution < 1.29 is 9.90 Å². The van der Waals surface area contributed by atoms with Gasteiger partial charge in [-0.2, -0.15) is 0 Å². The first-order chi connectivity index (χ1) is 14.4. The van der Waals surface area contributed by atoms with Crippen molar-refractivity contribution in [3.05, 3.63) is 82.4 Å². The second kappa shape index (κ2) is 13.8. The Kier molecular flexibility index (Phi) is 11.4. The van der Waals surface area contributed by atoms with Crippen LogP contribution in [0.2, 0.25) is 0 Å². The molecule has 0 bridgehead atoms. The Morgan fingerprint density at radius 3 is 2.57 bits per heavy atom. The molecular formula is C23H33N5O2. The van der Waals surface area contributed by atoms with Crippen LogP contribution < -0.4 is 21.5 Å². The van der Waals surface area contributed by atoms with E-state index >= 15 is 0 Å². The number of carbonyl (C=O) groups excluding carboxylic acids is 1. The molecule has 0 radical (unpaired) electrons. The van der Waals surface area contributed by atoms with E-state index in [1.807, 2.05) is 57.2 Å². The van der Waals surface area contributed by atoms with Gasteiger partial charge in [-0.3, -0.25) is 9.79 Å². The predicted molar refractivity (Wildman–Crippen MR) is 124 cm³/mol. The van der Waals surface area contributed by atoms with Crippen LogP contribution in [0.25, 0.3) is 0 Å². The molecule has 162 valence electrons. The molecule has 1 aromatic carbocycles. The monoisotopic (exact) mass is 411 g/mol. The van der Waals surface area contributed by atoms with E-state index in [2.05, 4.69) is 26.5 Å². The maximum atomic E-state index is 10.9. The lowest BCUT2D eigenvalue weighted by molar-refractivity contribution is -0.104. The number of hydrogen-bond donors (Lipinski definition) is 5. The van der Waals surface area contributed by atoms with Gasteiger partial charge in [0, 0.05) is 24.0 Å². The molecule has 0 unspecified atom stereocenters. The number of aliphatic hydroxyl groups excluding tert-OH is 1. The fourth-order valence-electron chi connectivity index (χ4n) is 2.45. The molecule has 7 heteroatoms. The Morgan fingerprint density at radius 1 is 1.17 bits per heavy atom. The first-order valence-corrected chi connectivity index (χ1v) is 9.76. The Labute approximate surface area is 179 Å². The molecule has 0 saturated heterocycles. The number of amidine groups is 1. The Hall–Kier alpha value is -3.32. The van der Waals surface area contributed by atoms with Crippen molar-refractivity contribution in [2.24, 2.45) is 4.99 Å². The molecule has 0 heterocycles. The number of carbonyl (C=O) groups is 1. The fraction of sp³-hybridized carbons (Fsp3) is 0.304. The molecule has 7 nitrogen and oxygen atoms in total. The van der Waals surface area contributed by atoms with E-state index in [0.717, 1.165) is 40.2 Å². The van der Waals surface area contributed by atoms with Gasteiger partial charge in [0.25, 0.3) is 0 Å². The predicted octanol–water partition coefficient (Wildman–Crippen LogP) is 3.00. The molecule has 5 N–H and O–H groups in total. The minimum atomic E-state index is 0.251. The number of nitrogens with one attached hydrogen (secondary N) is 4. The lowest BCUT2D eigenvalue weighted by Gasteiger charge is -2.15. The number of hydrazine groups is 1. The van der Waals surface area contributed by atoms with Gasteiger partial charge in [0.05, 0.1) is 13.2 Å². The van der Waals surface area contributed by atoms with Crippen LogP contribution in [0.1, 0.15) is 31.9 Å². The minimum Gasteiger partial charge on any atom is -0.508 e. The average molecular weight is 412 g/mol. The number of rotatable bonds is 11. The van der Waals surface area contributed by atoms with Crippen molar-refractivity contribution in [3.63, 3.8) is 0 Å². The highest BCUT2D eigenvalue weighted by molar-refractivity contribution is 5.98. The first kappa shape index (κ1) is 24.7. The zero-order valence-electron chi connectivity index (χ0n) is 18.4. The molecule has 0 fully saturated rings. The topological polar surface area (TPSA) is 97.8 Å². The van der Waals surface area contributed by atoms with Crippen LogP contribution in [0.15, 0.2) is 76.3 Å². The van der Waals surface area contributed by atoms with E-state index in [4.69, 9.17) is 0 Å². The second-order valence-electron chi connectivity index (χ2n) is 6.65. The lowest BCUT2D eigenvalue weighted by Crippen LogP contribution is -2.43. The molecule has 0 saturated carbocycles. The highest BCUT2D eigenvalue weighted by atomic mass is 16.3. The molecule has 0 aliphatic heterocycles. The number of aryl methyl sites for hydroxylation is 1. The quantitative estimate of drug-likeness (QED) is 0.0442. The number of aliphatic hydroxyl groups is 1. The standard InChI is InChI=1S/C23H33N5O2/c1-6-22(30)18(3)10-11-19(4)25-15-21(12-13-29)26-16-27-28-23(24-5)20-9-7-8-17(2)14-20/h6-14,25-27,30H,15-16H2,1-5H3,(H,24,28)/b18-10-,19-11+,21-12-,22-6+. The van der Waals surface area contributed by atoms with Crippen molar-refractivity contribution in [2.45, 2.75) is 27.7 Å². The van der Waals surface area contributed by atoms with Gasteiger partial charge in [-0.15, -0.1) is 0 Å². The summed E-state index contributed by atoms with van der Waals surface area (Å²) in [6.45, 7) is 8.41. The summed E-state index contributed by atoms with van der Waals surface area (Å²) in [6.07, 6.45) is 7.57. The van der Waals surface area contributed by atoms with Gasteiger partial charge in [0.15, 0.2) is 0 Å². The summed E-state index contributed by atoms with van der Waals surface area (Å²) in [4.78, 5) is 15.2. The van der Waals surface area contributed by atoms with E-state index in [-0.39, 0.29) is 5.76 Å². The summed E-state index contributed by atoms with van der Waals surface area (Å²) >= 11 is 0. The molecular weight excluding hydrogens is 378 g/mol. The zero-order valence-corrected chi connectivity index (χ0v) is 18.4. The Morgan fingerprint density at radius 2 is 1.93 bits per heavy atom. The van der Waals surface area contributed by atoms with Crippen LogP contribution in [0.5, 0.6) is 0 Å². The fourth-order valence-corrected chi connectivity index (χ4v) is 2.45. The average Bonchev–Trinajstić information content (AvgIpc) is 2.75. The second-order valence-corrected chi connectivity index (χ2v) is 6.65. The minimum absolute atomic E-state index is 0.251. The number of hydrogen-bond acceptors (Lipinski definition) is 6. The summed E-state index contributed by atoms with van der Waals surface area (Å²) < 4.78 is 0. The molecule has 0 aliphatic rings. The molecule has 0 spiro atoms. The van der Waals surface area contributed by atoms with E-state index in [9.17, 15) is 9.90 Å². The summed E-state index contributed by atoms with van der Waals surface area (Å²) in [5.74, 6) is 0.978. The van der Waals surface area contributed by atoms with Gasteiger partial charge in [-0.1, -0.05) is 29.8 Å². The van der Waals surface area contributed by atoms with Crippen LogP contribution in [-0.4, -0.2) is 37.5 Å². The number of aliphatic imine (C=N–C) groups is 1. The maximum Gasteiger partial charge on any atom is 0.144 e. The van der Waals surface area contributed by atoms with Gasteiger partial charge in [0.1, 0.15) is 17.9 Å². The number of benzene rings is 1. The zero-order chi connectivity index (χ0) is 22.4. The highest BCUT2D eigenvalue weighted by Crippen LogP contribution is 2.06. The van der Waals surface area contributed by atoms with Crippen molar-refractivity contribution in [1.29, 1.82) is 0 Å². The third-order valence-corrected chi connectivity index (χ3v) is 4.21. The van der Waals surface area contributed by atoms with Gasteiger partial charge >= 0.3 is 0 Å².